The number of halogens is 1. The molecule has 4 N–H and O–H groups in total. The summed E-state index contributed by atoms with van der Waals surface area (Å²) in [5, 5.41) is 20.5. The van der Waals surface area contributed by atoms with Gasteiger partial charge < -0.3 is 25.6 Å². The maximum Gasteiger partial charge on any atom is 0.272 e. The number of piperidine rings is 1. The topological polar surface area (TPSA) is 161 Å². The molecule has 2 atom stereocenters. The van der Waals surface area contributed by atoms with Crippen LogP contribution in [0.4, 0.5) is 10.1 Å². The number of hydrogen-bond donors (Lipinski definition) is 3. The van der Waals surface area contributed by atoms with Crippen LogP contribution in [0.2, 0.25) is 0 Å². The lowest BCUT2D eigenvalue weighted by Gasteiger charge is -2.40. The van der Waals surface area contributed by atoms with E-state index in [-0.39, 0.29) is 40.7 Å². The summed E-state index contributed by atoms with van der Waals surface area (Å²) < 4.78 is 19.2. The Bertz CT molecular complexity index is 1400. The summed E-state index contributed by atoms with van der Waals surface area (Å²) in [6, 6.07) is 6.88. The predicted octanol–water partition coefficient (Wildman–Crippen LogP) is 1.98. The number of ether oxygens (including phenoxy) is 1. The van der Waals surface area contributed by atoms with Crippen LogP contribution in [0, 0.1) is 28.5 Å². The molecule has 208 valence electrons. The highest BCUT2D eigenvalue weighted by Gasteiger charge is 2.54. The van der Waals surface area contributed by atoms with Gasteiger partial charge in [0.05, 0.1) is 25.2 Å². The molecule has 11 nitrogen and oxygen atoms in total. The second-order valence-electron chi connectivity index (χ2n) is 10.5. The predicted molar refractivity (Wildman–Crippen MR) is 145 cm³/mol. The molecule has 2 amide bonds. The van der Waals surface area contributed by atoms with Gasteiger partial charge in [0.25, 0.3) is 5.91 Å². The third-order valence-electron chi connectivity index (χ3n) is 7.99. The van der Waals surface area contributed by atoms with Crippen LogP contribution >= 0.6 is 0 Å². The molecule has 0 aromatic carbocycles. The smallest absolute Gasteiger partial charge is 0.272 e. The molecule has 1 saturated carbocycles. The van der Waals surface area contributed by atoms with Crippen molar-refractivity contribution in [2.24, 2.45) is 11.7 Å². The van der Waals surface area contributed by atoms with Gasteiger partial charge in [0.2, 0.25) is 11.8 Å². The van der Waals surface area contributed by atoms with Gasteiger partial charge in [-0.15, -0.1) is 0 Å². The summed E-state index contributed by atoms with van der Waals surface area (Å²) in [4.78, 5) is 38.2. The van der Waals surface area contributed by atoms with Gasteiger partial charge in [-0.05, 0) is 50.3 Å². The first-order chi connectivity index (χ1) is 19.2. The molecular formula is C28H31FN8O3. The van der Waals surface area contributed by atoms with Crippen LogP contribution in [0.15, 0.2) is 36.7 Å². The van der Waals surface area contributed by atoms with Crippen LogP contribution < -0.4 is 20.7 Å². The second-order valence-corrected chi connectivity index (χ2v) is 10.5. The summed E-state index contributed by atoms with van der Waals surface area (Å²) >= 11 is 0. The van der Waals surface area contributed by atoms with Crippen molar-refractivity contribution in [3.63, 3.8) is 0 Å². The largest absolute Gasteiger partial charge is 0.481 e. The Morgan fingerprint density at radius 3 is 2.75 bits per heavy atom. The molecule has 2 aromatic heterocycles. The van der Waals surface area contributed by atoms with Gasteiger partial charge >= 0.3 is 0 Å². The zero-order valence-corrected chi connectivity index (χ0v) is 22.2. The molecule has 2 aliphatic heterocycles. The molecule has 3 aliphatic rings. The highest BCUT2D eigenvalue weighted by Crippen LogP contribution is 2.50. The van der Waals surface area contributed by atoms with Crippen molar-refractivity contribution in [3.8, 4) is 11.9 Å². The molecule has 40 heavy (non-hydrogen) atoms. The minimum atomic E-state index is -0.681. The van der Waals surface area contributed by atoms with Gasteiger partial charge in [-0.3, -0.25) is 15.0 Å². The number of rotatable bonds is 7. The molecule has 1 aliphatic carbocycles. The number of nitriles is 1. The number of carbonyl (C=O) groups is 2. The Kier molecular flexibility index (Phi) is 7.38. The van der Waals surface area contributed by atoms with E-state index < -0.39 is 17.3 Å². The van der Waals surface area contributed by atoms with Crippen LogP contribution in [0.5, 0.6) is 5.88 Å². The van der Waals surface area contributed by atoms with Crippen molar-refractivity contribution >= 4 is 28.9 Å². The Labute approximate surface area is 231 Å². The first kappa shape index (κ1) is 27.1. The maximum atomic E-state index is 14.2. The van der Waals surface area contributed by atoms with Gasteiger partial charge in [0.1, 0.15) is 17.5 Å². The number of hydrogen-bond acceptors (Lipinski definition) is 9. The fraction of sp³-hybridized carbons (Fsp3) is 0.429. The number of nitrogens with one attached hydrogen (secondary N) is 2. The molecular weight excluding hydrogens is 515 g/mol. The van der Waals surface area contributed by atoms with Crippen LogP contribution in [-0.2, 0) is 9.59 Å². The summed E-state index contributed by atoms with van der Waals surface area (Å²) in [7, 11) is 1.39. The number of nitrogens with two attached hydrogens (primary N) is 1. The van der Waals surface area contributed by atoms with Gasteiger partial charge in [-0.25, -0.2) is 14.4 Å². The third kappa shape index (κ3) is 5.45. The molecule has 0 radical (unpaired) electrons. The number of amides is 2. The summed E-state index contributed by atoms with van der Waals surface area (Å²) in [5.74, 6) is -1.23. The van der Waals surface area contributed by atoms with E-state index >= 15 is 0 Å². The number of carbonyl (C=O) groups excluding carboxylic acids is 2. The maximum absolute atomic E-state index is 14.2. The summed E-state index contributed by atoms with van der Waals surface area (Å²) in [6.07, 6.45) is 7.20. The van der Waals surface area contributed by atoms with E-state index in [9.17, 15) is 14.0 Å². The van der Waals surface area contributed by atoms with E-state index in [0.717, 1.165) is 43.8 Å². The average Bonchev–Trinajstić information content (AvgIpc) is 3.56. The Balaban J connectivity index is 1.17. The number of nitrogens with zero attached hydrogens (tertiary/aromatic N) is 5. The molecule has 12 heteroatoms. The Morgan fingerprint density at radius 2 is 2.08 bits per heavy atom. The minimum Gasteiger partial charge on any atom is -0.481 e. The number of likely N-dealkylation sites (tertiary alicyclic amines) is 1. The lowest BCUT2D eigenvalue weighted by molar-refractivity contribution is -0.135. The van der Waals surface area contributed by atoms with Crippen LogP contribution in [0.3, 0.4) is 0 Å². The van der Waals surface area contributed by atoms with Gasteiger partial charge in [0, 0.05) is 54.5 Å². The van der Waals surface area contributed by atoms with Gasteiger partial charge in [0.15, 0.2) is 5.82 Å². The Morgan fingerprint density at radius 1 is 1.27 bits per heavy atom. The van der Waals surface area contributed by atoms with Crippen molar-refractivity contribution in [3.05, 3.63) is 53.7 Å². The van der Waals surface area contributed by atoms with Gasteiger partial charge in [-0.1, -0.05) is 0 Å². The molecule has 3 fully saturated rings. The normalized spacial score (nSPS) is 21.6. The van der Waals surface area contributed by atoms with Crippen molar-refractivity contribution < 1.29 is 18.7 Å². The van der Waals surface area contributed by atoms with E-state index in [1.54, 1.807) is 17.2 Å². The lowest BCUT2D eigenvalue weighted by atomic mass is 9.87. The molecule has 2 aromatic rings. The number of aromatic nitrogens is 2. The molecule has 2 saturated heterocycles. The van der Waals surface area contributed by atoms with Crippen LogP contribution in [0.25, 0.3) is 5.70 Å². The van der Waals surface area contributed by atoms with E-state index in [4.69, 9.17) is 21.1 Å². The Hall–Kier alpha value is -4.53. The van der Waals surface area contributed by atoms with Crippen molar-refractivity contribution in [2.45, 2.75) is 43.7 Å². The van der Waals surface area contributed by atoms with Crippen molar-refractivity contribution in [1.29, 1.82) is 10.7 Å². The van der Waals surface area contributed by atoms with Gasteiger partial charge in [-0.2, -0.15) is 5.26 Å². The summed E-state index contributed by atoms with van der Waals surface area (Å²) in [6.45, 7) is 1.80. The molecule has 0 bridgehead atoms. The molecule has 1 unspecified atom stereocenters. The fourth-order valence-electron chi connectivity index (χ4n) is 5.62. The number of anilines is 1. The van der Waals surface area contributed by atoms with E-state index in [0.29, 0.717) is 31.6 Å². The quantitative estimate of drug-likeness (QED) is 0.444. The SMILES string of the molecule is COc1cc(/C(N)=C/C(=N)C(=O)N2CC[C@H](C(=O)NC3CCN(c4ccc(C#N)nc4)C3)CC23CC3)c(F)cn1. The van der Waals surface area contributed by atoms with E-state index in [1.165, 1.54) is 13.2 Å². The second kappa shape index (κ2) is 10.9. The number of pyridine rings is 2. The fourth-order valence-corrected chi connectivity index (χ4v) is 5.62. The van der Waals surface area contributed by atoms with Crippen molar-refractivity contribution in [1.82, 2.24) is 20.2 Å². The third-order valence-corrected chi connectivity index (χ3v) is 7.99. The monoisotopic (exact) mass is 546 g/mol. The minimum absolute atomic E-state index is 0.00170. The highest BCUT2D eigenvalue weighted by atomic mass is 19.1. The van der Waals surface area contributed by atoms with Crippen molar-refractivity contribution in [2.75, 3.05) is 31.6 Å². The van der Waals surface area contributed by atoms with E-state index in [1.807, 2.05) is 12.1 Å². The first-order valence-corrected chi connectivity index (χ1v) is 13.2. The zero-order chi connectivity index (χ0) is 28.4. The average molecular weight is 547 g/mol. The first-order valence-electron chi connectivity index (χ1n) is 13.2. The lowest BCUT2D eigenvalue weighted by Crippen LogP contribution is -2.53. The van der Waals surface area contributed by atoms with E-state index in [2.05, 4.69) is 20.2 Å². The summed E-state index contributed by atoms with van der Waals surface area (Å²) in [5.41, 5.74) is 6.46. The molecule has 4 heterocycles. The molecule has 1 spiro atoms. The van der Waals surface area contributed by atoms with Crippen LogP contribution in [0.1, 0.15) is 43.4 Å². The van der Waals surface area contributed by atoms with Crippen LogP contribution in [-0.4, -0.2) is 70.7 Å². The zero-order valence-electron chi connectivity index (χ0n) is 22.2. The standard InChI is InChI=1S/C28H31FN8O3/c1-40-25-10-21(22(29)15-34-25)23(31)11-24(32)27(39)37-9-4-17(12-28(37)6-7-28)26(38)35-19-5-8-36(16-19)20-3-2-18(13-30)33-14-20/h2-3,10-11,14-15,17,19,32H,4-9,12,16,31H2,1H3,(H,35,38)/b23-11-,32-24?/t17-,19?/m0/s1. The highest BCUT2D eigenvalue weighted by molar-refractivity contribution is 6.43. The molecule has 5 rings (SSSR count). The number of methoxy groups -OCH3 is 1.